The lowest BCUT2D eigenvalue weighted by Gasteiger charge is -2.15. The quantitative estimate of drug-likeness (QED) is 0.816. The van der Waals surface area contributed by atoms with Crippen molar-refractivity contribution in [2.75, 3.05) is 0 Å². The van der Waals surface area contributed by atoms with E-state index >= 15 is 0 Å². The number of para-hydroxylation sites is 1. The van der Waals surface area contributed by atoms with Crippen LogP contribution in [-0.2, 0) is 17.9 Å². The first-order valence-electron chi connectivity index (χ1n) is 7.62. The molecule has 6 heteroatoms. The number of aromatic nitrogens is 2. The fourth-order valence-corrected chi connectivity index (χ4v) is 2.38. The average Bonchev–Trinajstić information content (AvgIpc) is 2.55. The number of allylic oxidation sites excluding steroid dienone is 1. The van der Waals surface area contributed by atoms with Crippen molar-refractivity contribution < 1.29 is 4.79 Å². The summed E-state index contributed by atoms with van der Waals surface area (Å²) in [4.78, 5) is 37.1. The average molecular weight is 315 g/mol. The maximum atomic E-state index is 12.6. The molecule has 0 aliphatic heterocycles. The highest BCUT2D eigenvalue weighted by Crippen LogP contribution is 2.07. The van der Waals surface area contributed by atoms with E-state index in [0.717, 1.165) is 11.0 Å². The Morgan fingerprint density at radius 3 is 2.65 bits per heavy atom. The third-order valence-corrected chi connectivity index (χ3v) is 3.77. The smallest absolute Gasteiger partial charge is 0.332 e. The number of hydrogen-bond acceptors (Lipinski definition) is 3. The number of nitrogens with zero attached hydrogens (tertiary/aromatic N) is 2. The predicted molar refractivity (Wildman–Crippen MR) is 90.6 cm³/mol. The Balaban J connectivity index is 2.58. The fraction of sp³-hybridized carbons (Fsp3) is 0.353. The minimum absolute atomic E-state index is 0.0311. The van der Waals surface area contributed by atoms with Gasteiger partial charge in [-0.15, -0.1) is 6.58 Å². The van der Waals surface area contributed by atoms with Gasteiger partial charge in [0.1, 0.15) is 6.54 Å². The van der Waals surface area contributed by atoms with Crippen LogP contribution in [0.15, 0.2) is 46.5 Å². The van der Waals surface area contributed by atoms with E-state index in [2.05, 4.69) is 11.9 Å². The molecule has 1 atom stereocenters. The SMILES string of the molecule is C=CCn1c(=O)c2ccccc2n(CC(=O)N[C@H](C)CC)c1=O. The molecular formula is C17H21N3O3. The van der Waals surface area contributed by atoms with Crippen LogP contribution in [0.1, 0.15) is 20.3 Å². The maximum Gasteiger partial charge on any atom is 0.332 e. The monoisotopic (exact) mass is 315 g/mol. The van der Waals surface area contributed by atoms with Crippen LogP contribution < -0.4 is 16.6 Å². The van der Waals surface area contributed by atoms with Gasteiger partial charge in [-0.3, -0.25) is 18.7 Å². The van der Waals surface area contributed by atoms with Crippen molar-refractivity contribution in [1.29, 1.82) is 0 Å². The van der Waals surface area contributed by atoms with E-state index in [1.807, 2.05) is 13.8 Å². The number of carbonyl (C=O) groups excluding carboxylic acids is 1. The molecule has 23 heavy (non-hydrogen) atoms. The number of fused-ring (bicyclic) bond motifs is 1. The summed E-state index contributed by atoms with van der Waals surface area (Å²) < 4.78 is 2.42. The van der Waals surface area contributed by atoms with Crippen LogP contribution in [0.5, 0.6) is 0 Å². The lowest BCUT2D eigenvalue weighted by Crippen LogP contribution is -2.43. The molecule has 1 N–H and O–H groups in total. The molecule has 1 aromatic carbocycles. The van der Waals surface area contributed by atoms with Crippen LogP contribution in [0, 0.1) is 0 Å². The summed E-state index contributed by atoms with van der Waals surface area (Å²) in [5.74, 6) is -0.254. The molecule has 1 amide bonds. The van der Waals surface area contributed by atoms with Gasteiger partial charge in [-0.05, 0) is 25.5 Å². The summed E-state index contributed by atoms with van der Waals surface area (Å²) in [6, 6.07) is 6.83. The third kappa shape index (κ3) is 3.41. The molecular weight excluding hydrogens is 294 g/mol. The third-order valence-electron chi connectivity index (χ3n) is 3.77. The minimum Gasteiger partial charge on any atom is -0.352 e. The topological polar surface area (TPSA) is 73.1 Å². The van der Waals surface area contributed by atoms with Crippen LogP contribution in [0.3, 0.4) is 0 Å². The number of rotatable bonds is 6. The van der Waals surface area contributed by atoms with E-state index < -0.39 is 5.69 Å². The van der Waals surface area contributed by atoms with Gasteiger partial charge in [0.2, 0.25) is 5.91 Å². The predicted octanol–water partition coefficient (Wildman–Crippen LogP) is 1.26. The van der Waals surface area contributed by atoms with E-state index in [9.17, 15) is 14.4 Å². The Morgan fingerprint density at radius 1 is 1.30 bits per heavy atom. The first-order chi connectivity index (χ1) is 11.0. The lowest BCUT2D eigenvalue weighted by molar-refractivity contribution is -0.122. The first kappa shape index (κ1) is 16.7. The van der Waals surface area contributed by atoms with Gasteiger partial charge in [-0.25, -0.2) is 4.79 Å². The first-order valence-corrected chi connectivity index (χ1v) is 7.62. The highest BCUT2D eigenvalue weighted by Gasteiger charge is 2.15. The highest BCUT2D eigenvalue weighted by molar-refractivity contribution is 5.81. The van der Waals surface area contributed by atoms with Crippen LogP contribution in [0.4, 0.5) is 0 Å². The van der Waals surface area contributed by atoms with Crippen LogP contribution in [0.25, 0.3) is 10.9 Å². The van der Waals surface area contributed by atoms with Crippen LogP contribution >= 0.6 is 0 Å². The van der Waals surface area contributed by atoms with Gasteiger partial charge in [0.25, 0.3) is 5.56 Å². The standard InChI is InChI=1S/C17H21N3O3/c1-4-10-19-16(22)13-8-6-7-9-14(13)20(17(19)23)11-15(21)18-12(3)5-2/h4,6-9,12H,1,5,10-11H2,2-3H3,(H,18,21)/t12-/m1/s1. The lowest BCUT2D eigenvalue weighted by atomic mass is 10.2. The van der Waals surface area contributed by atoms with Crippen LogP contribution in [0.2, 0.25) is 0 Å². The zero-order valence-electron chi connectivity index (χ0n) is 13.4. The van der Waals surface area contributed by atoms with Crippen molar-refractivity contribution in [2.24, 2.45) is 0 Å². The van der Waals surface area contributed by atoms with Gasteiger partial charge in [0.15, 0.2) is 0 Å². The van der Waals surface area contributed by atoms with Crippen molar-refractivity contribution in [3.8, 4) is 0 Å². The van der Waals surface area contributed by atoms with Crippen molar-refractivity contribution in [2.45, 2.75) is 39.4 Å². The summed E-state index contributed by atoms with van der Waals surface area (Å²) in [7, 11) is 0. The van der Waals surface area contributed by atoms with E-state index in [0.29, 0.717) is 10.9 Å². The molecule has 2 aromatic rings. The zero-order chi connectivity index (χ0) is 17.0. The molecule has 0 aliphatic rings. The largest absolute Gasteiger partial charge is 0.352 e. The Morgan fingerprint density at radius 2 is 2.00 bits per heavy atom. The second-order valence-corrected chi connectivity index (χ2v) is 5.47. The Labute approximate surface area is 134 Å². The molecule has 0 saturated carbocycles. The molecule has 1 heterocycles. The van der Waals surface area contributed by atoms with Gasteiger partial charge in [-0.1, -0.05) is 25.1 Å². The second kappa shape index (κ2) is 7.09. The summed E-state index contributed by atoms with van der Waals surface area (Å²) in [5, 5.41) is 3.24. The Bertz CT molecular complexity index is 848. The van der Waals surface area contributed by atoms with E-state index in [1.165, 1.54) is 10.6 Å². The van der Waals surface area contributed by atoms with E-state index in [-0.39, 0.29) is 30.6 Å². The maximum absolute atomic E-state index is 12.6. The molecule has 0 saturated heterocycles. The molecule has 0 aliphatic carbocycles. The summed E-state index contributed by atoms with van der Waals surface area (Å²) in [6.45, 7) is 7.42. The van der Waals surface area contributed by atoms with Crippen molar-refractivity contribution in [3.05, 3.63) is 57.8 Å². The molecule has 0 bridgehead atoms. The van der Waals surface area contributed by atoms with Crippen molar-refractivity contribution >= 4 is 16.8 Å². The molecule has 6 nitrogen and oxygen atoms in total. The van der Waals surface area contributed by atoms with Crippen molar-refractivity contribution in [1.82, 2.24) is 14.5 Å². The molecule has 122 valence electrons. The molecule has 1 aromatic heterocycles. The second-order valence-electron chi connectivity index (χ2n) is 5.47. The molecule has 0 spiro atoms. The minimum atomic E-state index is -0.507. The number of nitrogens with one attached hydrogen (secondary N) is 1. The number of carbonyl (C=O) groups is 1. The molecule has 0 unspecified atom stereocenters. The van der Waals surface area contributed by atoms with Gasteiger partial charge >= 0.3 is 5.69 Å². The van der Waals surface area contributed by atoms with Crippen molar-refractivity contribution in [3.63, 3.8) is 0 Å². The number of benzene rings is 1. The number of amides is 1. The van der Waals surface area contributed by atoms with Gasteiger partial charge in [-0.2, -0.15) is 0 Å². The summed E-state index contributed by atoms with van der Waals surface area (Å²) >= 11 is 0. The molecule has 2 rings (SSSR count). The van der Waals surface area contributed by atoms with E-state index in [1.54, 1.807) is 24.3 Å². The Hall–Kier alpha value is -2.63. The summed E-state index contributed by atoms with van der Waals surface area (Å²) in [6.07, 6.45) is 2.29. The molecule has 0 fully saturated rings. The molecule has 0 radical (unpaired) electrons. The number of hydrogen-bond donors (Lipinski definition) is 1. The zero-order valence-corrected chi connectivity index (χ0v) is 13.4. The van der Waals surface area contributed by atoms with Crippen LogP contribution in [-0.4, -0.2) is 21.1 Å². The van der Waals surface area contributed by atoms with Gasteiger partial charge in [0.05, 0.1) is 10.9 Å². The fourth-order valence-electron chi connectivity index (χ4n) is 2.38. The Kier molecular flexibility index (Phi) is 5.16. The highest BCUT2D eigenvalue weighted by atomic mass is 16.2. The van der Waals surface area contributed by atoms with Gasteiger partial charge < -0.3 is 5.32 Å². The van der Waals surface area contributed by atoms with E-state index in [4.69, 9.17) is 0 Å². The summed E-state index contributed by atoms with van der Waals surface area (Å²) in [5.41, 5.74) is -0.418. The van der Waals surface area contributed by atoms with Gasteiger partial charge in [0, 0.05) is 12.6 Å². The normalized spacial score (nSPS) is 12.1.